The lowest BCUT2D eigenvalue weighted by molar-refractivity contribution is 0.102. The Morgan fingerprint density at radius 2 is 2.00 bits per heavy atom. The van der Waals surface area contributed by atoms with Gasteiger partial charge in [0.2, 0.25) is 0 Å². The van der Waals surface area contributed by atoms with E-state index in [4.69, 9.17) is 0 Å². The van der Waals surface area contributed by atoms with Gasteiger partial charge in [0.1, 0.15) is 5.82 Å². The number of rotatable bonds is 5. The van der Waals surface area contributed by atoms with Gasteiger partial charge in [-0.05, 0) is 40.2 Å². The summed E-state index contributed by atoms with van der Waals surface area (Å²) in [4.78, 5) is 17.4. The Kier molecular flexibility index (Phi) is 4.57. The molecule has 0 aromatic carbocycles. The Morgan fingerprint density at radius 1 is 1.24 bits per heavy atom. The molecule has 0 saturated heterocycles. The van der Waals surface area contributed by atoms with Gasteiger partial charge in [-0.15, -0.1) is 0 Å². The van der Waals surface area contributed by atoms with Crippen molar-refractivity contribution < 1.29 is 4.79 Å². The van der Waals surface area contributed by atoms with Crippen LogP contribution in [0.2, 0.25) is 0 Å². The number of hydrogen-bond acceptors (Lipinski definition) is 4. The quantitative estimate of drug-likeness (QED) is 0.767. The van der Waals surface area contributed by atoms with E-state index in [2.05, 4.69) is 48.2 Å². The minimum atomic E-state index is -0.186. The van der Waals surface area contributed by atoms with E-state index in [0.29, 0.717) is 17.1 Å². The predicted molar refractivity (Wildman–Crippen MR) is 97.8 cm³/mol. The van der Waals surface area contributed by atoms with Crippen molar-refractivity contribution in [1.82, 2.24) is 24.5 Å². The van der Waals surface area contributed by atoms with Gasteiger partial charge in [-0.1, -0.05) is 6.92 Å². The van der Waals surface area contributed by atoms with E-state index in [9.17, 15) is 4.79 Å². The van der Waals surface area contributed by atoms with Crippen LogP contribution in [0, 0.1) is 6.92 Å². The molecule has 132 valence electrons. The van der Waals surface area contributed by atoms with Crippen LogP contribution < -0.4 is 5.32 Å². The Balaban J connectivity index is 1.93. The number of pyridine rings is 1. The first-order chi connectivity index (χ1) is 11.9. The van der Waals surface area contributed by atoms with Crippen LogP contribution in [0.25, 0.3) is 11.0 Å². The first-order valence-electron chi connectivity index (χ1n) is 8.62. The second kappa shape index (κ2) is 6.66. The predicted octanol–water partition coefficient (Wildman–Crippen LogP) is 3.74. The largest absolute Gasteiger partial charge is 0.307 e. The number of anilines is 1. The zero-order chi connectivity index (χ0) is 18.1. The lowest BCUT2D eigenvalue weighted by Crippen LogP contribution is -2.18. The van der Waals surface area contributed by atoms with Crippen LogP contribution in [-0.2, 0) is 0 Å². The standard InChI is InChI=1S/C18H24N6O/c1-6-12(4)24-16(7-8-19-24)22-18(25)15-9-14-10-20-23(11(2)3)17(14)21-13(15)5/h7-12H,6H2,1-5H3,(H,22,25). The van der Waals surface area contributed by atoms with E-state index in [-0.39, 0.29) is 18.0 Å². The van der Waals surface area contributed by atoms with Crippen molar-refractivity contribution in [2.45, 2.75) is 53.1 Å². The van der Waals surface area contributed by atoms with Gasteiger partial charge >= 0.3 is 0 Å². The molecule has 7 nitrogen and oxygen atoms in total. The second-order valence-electron chi connectivity index (χ2n) is 6.59. The van der Waals surface area contributed by atoms with Crippen molar-refractivity contribution >= 4 is 22.8 Å². The van der Waals surface area contributed by atoms with E-state index < -0.39 is 0 Å². The summed E-state index contributed by atoms with van der Waals surface area (Å²) in [6, 6.07) is 4.09. The van der Waals surface area contributed by atoms with Crippen LogP contribution in [0.15, 0.2) is 24.5 Å². The SMILES string of the molecule is CCC(C)n1nccc1NC(=O)c1cc2cnn(C(C)C)c2nc1C. The number of nitrogens with zero attached hydrogens (tertiary/aromatic N) is 5. The summed E-state index contributed by atoms with van der Waals surface area (Å²) < 4.78 is 3.69. The van der Waals surface area contributed by atoms with Crippen molar-refractivity contribution in [3.8, 4) is 0 Å². The minimum Gasteiger partial charge on any atom is -0.307 e. The average Bonchev–Trinajstić information content (AvgIpc) is 3.19. The molecule has 0 spiro atoms. The smallest absolute Gasteiger partial charge is 0.258 e. The van der Waals surface area contributed by atoms with Gasteiger partial charge in [0.05, 0.1) is 29.7 Å². The minimum absolute atomic E-state index is 0.186. The highest BCUT2D eigenvalue weighted by Gasteiger charge is 2.17. The molecule has 1 amide bonds. The number of fused-ring (bicyclic) bond motifs is 1. The normalized spacial score (nSPS) is 12.7. The van der Waals surface area contributed by atoms with Crippen LogP contribution in [0.5, 0.6) is 0 Å². The van der Waals surface area contributed by atoms with Crippen molar-refractivity contribution in [3.05, 3.63) is 35.8 Å². The maximum Gasteiger partial charge on any atom is 0.258 e. The highest BCUT2D eigenvalue weighted by molar-refractivity contribution is 6.06. The van der Waals surface area contributed by atoms with E-state index in [1.807, 2.05) is 28.4 Å². The molecule has 0 aliphatic carbocycles. The van der Waals surface area contributed by atoms with Gasteiger partial charge in [0.15, 0.2) is 5.65 Å². The number of amides is 1. The summed E-state index contributed by atoms with van der Waals surface area (Å²) >= 11 is 0. The van der Waals surface area contributed by atoms with Gasteiger partial charge in [-0.2, -0.15) is 10.2 Å². The van der Waals surface area contributed by atoms with Crippen LogP contribution in [0.3, 0.4) is 0 Å². The molecule has 3 heterocycles. The molecule has 0 saturated carbocycles. The third kappa shape index (κ3) is 3.14. The molecular weight excluding hydrogens is 316 g/mol. The third-order valence-corrected chi connectivity index (χ3v) is 4.41. The summed E-state index contributed by atoms with van der Waals surface area (Å²) in [5.41, 5.74) is 2.03. The first-order valence-corrected chi connectivity index (χ1v) is 8.62. The number of carbonyl (C=O) groups excluding carboxylic acids is 1. The number of nitrogens with one attached hydrogen (secondary N) is 1. The van der Waals surface area contributed by atoms with Crippen molar-refractivity contribution in [2.24, 2.45) is 0 Å². The summed E-state index contributed by atoms with van der Waals surface area (Å²) in [6.07, 6.45) is 4.39. The zero-order valence-corrected chi connectivity index (χ0v) is 15.3. The summed E-state index contributed by atoms with van der Waals surface area (Å²) in [6.45, 7) is 10.1. The first kappa shape index (κ1) is 17.1. The fourth-order valence-electron chi connectivity index (χ4n) is 2.79. The fraction of sp³-hybridized carbons (Fsp3) is 0.444. The van der Waals surface area contributed by atoms with Crippen LogP contribution in [0.4, 0.5) is 5.82 Å². The Morgan fingerprint density at radius 3 is 2.68 bits per heavy atom. The third-order valence-electron chi connectivity index (χ3n) is 4.41. The van der Waals surface area contributed by atoms with Gasteiger partial charge in [-0.25, -0.2) is 14.3 Å². The maximum absolute atomic E-state index is 12.8. The molecule has 7 heteroatoms. The van der Waals surface area contributed by atoms with Crippen LogP contribution in [0.1, 0.15) is 62.3 Å². The number of aryl methyl sites for hydroxylation is 1. The van der Waals surface area contributed by atoms with Crippen LogP contribution >= 0.6 is 0 Å². The molecule has 25 heavy (non-hydrogen) atoms. The van der Waals surface area contributed by atoms with E-state index in [0.717, 1.165) is 17.5 Å². The lowest BCUT2D eigenvalue weighted by atomic mass is 10.1. The van der Waals surface area contributed by atoms with Gasteiger partial charge in [-0.3, -0.25) is 4.79 Å². The second-order valence-corrected chi connectivity index (χ2v) is 6.59. The monoisotopic (exact) mass is 340 g/mol. The van der Waals surface area contributed by atoms with Gasteiger partial charge in [0, 0.05) is 17.5 Å². The van der Waals surface area contributed by atoms with Crippen LogP contribution in [-0.4, -0.2) is 30.5 Å². The number of aromatic nitrogens is 5. The van der Waals surface area contributed by atoms with Gasteiger partial charge < -0.3 is 5.32 Å². The molecule has 0 fully saturated rings. The average molecular weight is 340 g/mol. The molecule has 3 aromatic heterocycles. The summed E-state index contributed by atoms with van der Waals surface area (Å²) in [5, 5.41) is 12.5. The molecule has 1 N–H and O–H groups in total. The van der Waals surface area contributed by atoms with Crippen molar-refractivity contribution in [2.75, 3.05) is 5.32 Å². The molecule has 1 unspecified atom stereocenters. The lowest BCUT2D eigenvalue weighted by Gasteiger charge is -2.15. The molecule has 0 aliphatic rings. The Hall–Kier alpha value is -2.70. The molecule has 0 radical (unpaired) electrons. The molecule has 1 atom stereocenters. The maximum atomic E-state index is 12.8. The highest BCUT2D eigenvalue weighted by atomic mass is 16.1. The Bertz CT molecular complexity index is 908. The summed E-state index contributed by atoms with van der Waals surface area (Å²) in [5.74, 6) is 0.506. The molecule has 0 bridgehead atoms. The van der Waals surface area contributed by atoms with Crippen molar-refractivity contribution in [1.29, 1.82) is 0 Å². The molecule has 3 rings (SSSR count). The fourth-order valence-corrected chi connectivity index (χ4v) is 2.79. The molecule has 0 aliphatic heterocycles. The zero-order valence-electron chi connectivity index (χ0n) is 15.3. The summed E-state index contributed by atoms with van der Waals surface area (Å²) in [7, 11) is 0. The van der Waals surface area contributed by atoms with E-state index in [1.165, 1.54) is 0 Å². The topological polar surface area (TPSA) is 77.6 Å². The highest BCUT2D eigenvalue weighted by Crippen LogP contribution is 2.21. The molecule has 3 aromatic rings. The number of hydrogen-bond donors (Lipinski definition) is 1. The van der Waals surface area contributed by atoms with E-state index >= 15 is 0 Å². The van der Waals surface area contributed by atoms with Crippen molar-refractivity contribution in [3.63, 3.8) is 0 Å². The Labute approximate surface area is 147 Å². The molecular formula is C18H24N6O. The number of carbonyl (C=O) groups is 1. The van der Waals surface area contributed by atoms with E-state index in [1.54, 1.807) is 12.4 Å². The van der Waals surface area contributed by atoms with Gasteiger partial charge in [0.25, 0.3) is 5.91 Å².